The fourth-order valence-corrected chi connectivity index (χ4v) is 3.94. The maximum atomic E-state index is 13.3. The smallest absolute Gasteiger partial charge is 0.159 e. The molecule has 1 heterocycles. The molecule has 3 nitrogen and oxygen atoms in total. The molecular formula is C18H26F2N2O. The zero-order chi connectivity index (χ0) is 16.1. The van der Waals surface area contributed by atoms with Gasteiger partial charge in [-0.3, -0.25) is 4.90 Å². The van der Waals surface area contributed by atoms with Gasteiger partial charge in [0.25, 0.3) is 0 Å². The molecule has 0 unspecified atom stereocenters. The Balaban J connectivity index is 1.60. The third-order valence-electron chi connectivity index (χ3n) is 5.23. The van der Waals surface area contributed by atoms with Crippen LogP contribution >= 0.6 is 0 Å². The highest BCUT2D eigenvalue weighted by atomic mass is 19.2. The van der Waals surface area contributed by atoms with Gasteiger partial charge in [-0.25, -0.2) is 8.78 Å². The van der Waals surface area contributed by atoms with Crippen molar-refractivity contribution in [1.29, 1.82) is 0 Å². The van der Waals surface area contributed by atoms with Gasteiger partial charge in [0.1, 0.15) is 0 Å². The number of morpholine rings is 1. The van der Waals surface area contributed by atoms with Crippen LogP contribution < -0.4 is 5.32 Å². The summed E-state index contributed by atoms with van der Waals surface area (Å²) in [5.74, 6) is -1.56. The summed E-state index contributed by atoms with van der Waals surface area (Å²) in [5.41, 5.74) is 0.984. The highest BCUT2D eigenvalue weighted by Gasteiger charge is 2.38. The van der Waals surface area contributed by atoms with E-state index in [1.165, 1.54) is 44.2 Å². The molecule has 128 valence electrons. The van der Waals surface area contributed by atoms with Crippen LogP contribution in [0.15, 0.2) is 18.2 Å². The monoisotopic (exact) mass is 324 g/mol. The van der Waals surface area contributed by atoms with Crippen molar-refractivity contribution in [3.63, 3.8) is 0 Å². The molecule has 1 aliphatic carbocycles. The number of rotatable bonds is 5. The van der Waals surface area contributed by atoms with Crippen molar-refractivity contribution in [3.8, 4) is 0 Å². The van der Waals surface area contributed by atoms with Crippen LogP contribution in [0.1, 0.15) is 37.7 Å². The summed E-state index contributed by atoms with van der Waals surface area (Å²) in [6.45, 7) is 5.07. The highest BCUT2D eigenvalue weighted by Crippen LogP contribution is 2.33. The summed E-state index contributed by atoms with van der Waals surface area (Å²) in [4.78, 5) is 2.58. The van der Waals surface area contributed by atoms with Crippen LogP contribution in [0, 0.1) is 11.6 Å². The molecule has 0 bridgehead atoms. The van der Waals surface area contributed by atoms with E-state index in [1.807, 2.05) is 0 Å². The van der Waals surface area contributed by atoms with Gasteiger partial charge < -0.3 is 10.1 Å². The normalized spacial score (nSPS) is 22.2. The Labute approximate surface area is 137 Å². The first-order chi connectivity index (χ1) is 11.2. The van der Waals surface area contributed by atoms with Gasteiger partial charge in [-0.05, 0) is 30.5 Å². The zero-order valence-electron chi connectivity index (χ0n) is 13.6. The molecule has 1 saturated carbocycles. The highest BCUT2D eigenvalue weighted by molar-refractivity contribution is 5.17. The summed E-state index contributed by atoms with van der Waals surface area (Å²) in [7, 11) is 0. The quantitative estimate of drug-likeness (QED) is 0.901. The Hall–Kier alpha value is -1.04. The second kappa shape index (κ2) is 7.69. The van der Waals surface area contributed by atoms with Crippen molar-refractivity contribution in [2.75, 3.05) is 32.8 Å². The van der Waals surface area contributed by atoms with Crippen LogP contribution in [-0.4, -0.2) is 43.3 Å². The van der Waals surface area contributed by atoms with Crippen molar-refractivity contribution in [3.05, 3.63) is 35.4 Å². The zero-order valence-corrected chi connectivity index (χ0v) is 13.6. The Morgan fingerprint density at radius 3 is 2.48 bits per heavy atom. The molecule has 1 saturated heterocycles. The van der Waals surface area contributed by atoms with Crippen molar-refractivity contribution in [2.24, 2.45) is 0 Å². The van der Waals surface area contributed by atoms with E-state index in [0.29, 0.717) is 6.54 Å². The molecule has 1 aromatic rings. The van der Waals surface area contributed by atoms with Crippen molar-refractivity contribution in [2.45, 2.75) is 44.2 Å². The standard InChI is InChI=1S/C18H26F2N2O/c19-16-5-4-15(12-17(16)20)13-21-14-18(6-2-1-3-7-18)22-8-10-23-11-9-22/h4-5,12,21H,1-3,6-11,13-14H2. The minimum absolute atomic E-state index is 0.195. The number of nitrogens with one attached hydrogen (secondary N) is 1. The molecule has 0 amide bonds. The Morgan fingerprint density at radius 2 is 1.78 bits per heavy atom. The van der Waals surface area contributed by atoms with Crippen LogP contribution in [0.2, 0.25) is 0 Å². The Kier molecular flexibility index (Phi) is 5.62. The number of hydrogen-bond acceptors (Lipinski definition) is 3. The summed E-state index contributed by atoms with van der Waals surface area (Å²) >= 11 is 0. The number of ether oxygens (including phenoxy) is 1. The molecule has 0 spiro atoms. The van der Waals surface area contributed by atoms with E-state index in [1.54, 1.807) is 6.07 Å². The third kappa shape index (κ3) is 4.08. The van der Waals surface area contributed by atoms with Crippen LogP contribution in [0.4, 0.5) is 8.78 Å². The lowest BCUT2D eigenvalue weighted by Crippen LogP contribution is -2.59. The molecule has 1 aliphatic heterocycles. The van der Waals surface area contributed by atoms with E-state index in [4.69, 9.17) is 4.74 Å². The molecule has 1 N–H and O–H groups in total. The maximum Gasteiger partial charge on any atom is 0.159 e. The first kappa shape index (κ1) is 16.8. The lowest BCUT2D eigenvalue weighted by Gasteiger charge is -2.48. The van der Waals surface area contributed by atoms with Gasteiger partial charge in [-0.1, -0.05) is 25.3 Å². The van der Waals surface area contributed by atoms with Crippen LogP contribution in [-0.2, 0) is 11.3 Å². The minimum Gasteiger partial charge on any atom is -0.379 e. The number of nitrogens with zero attached hydrogens (tertiary/aromatic N) is 1. The largest absolute Gasteiger partial charge is 0.379 e. The summed E-state index contributed by atoms with van der Waals surface area (Å²) < 4.78 is 31.8. The van der Waals surface area contributed by atoms with E-state index in [-0.39, 0.29) is 5.54 Å². The molecule has 2 aliphatic rings. The lowest BCUT2D eigenvalue weighted by atomic mass is 9.79. The SMILES string of the molecule is Fc1ccc(CNCC2(N3CCOCC3)CCCCC2)cc1F. The Bertz CT molecular complexity index is 512. The van der Waals surface area contributed by atoms with Gasteiger partial charge in [-0.2, -0.15) is 0 Å². The van der Waals surface area contributed by atoms with Crippen LogP contribution in [0.3, 0.4) is 0 Å². The van der Waals surface area contributed by atoms with E-state index in [0.717, 1.165) is 38.4 Å². The van der Waals surface area contributed by atoms with Gasteiger partial charge in [0.05, 0.1) is 13.2 Å². The molecule has 0 radical (unpaired) electrons. The van der Waals surface area contributed by atoms with Crippen molar-refractivity contribution >= 4 is 0 Å². The predicted octanol–water partition coefficient (Wildman–Crippen LogP) is 3.09. The topological polar surface area (TPSA) is 24.5 Å². The van der Waals surface area contributed by atoms with E-state index >= 15 is 0 Å². The summed E-state index contributed by atoms with van der Waals surface area (Å²) in [6, 6.07) is 4.13. The van der Waals surface area contributed by atoms with E-state index in [2.05, 4.69) is 10.2 Å². The summed E-state index contributed by atoms with van der Waals surface area (Å²) in [6.07, 6.45) is 6.26. The second-order valence-electron chi connectivity index (χ2n) is 6.74. The molecule has 2 fully saturated rings. The second-order valence-corrected chi connectivity index (χ2v) is 6.74. The average molecular weight is 324 g/mol. The van der Waals surface area contributed by atoms with Gasteiger partial charge in [-0.15, -0.1) is 0 Å². The predicted molar refractivity (Wildman–Crippen MR) is 86.3 cm³/mol. The molecule has 5 heteroatoms. The number of hydrogen-bond donors (Lipinski definition) is 1. The van der Waals surface area contributed by atoms with Crippen molar-refractivity contribution < 1.29 is 13.5 Å². The first-order valence-corrected chi connectivity index (χ1v) is 8.67. The summed E-state index contributed by atoms with van der Waals surface area (Å²) in [5, 5.41) is 3.48. The molecule has 1 aromatic carbocycles. The van der Waals surface area contributed by atoms with E-state index in [9.17, 15) is 8.78 Å². The molecule has 3 rings (SSSR count). The van der Waals surface area contributed by atoms with E-state index < -0.39 is 11.6 Å². The maximum absolute atomic E-state index is 13.3. The molecule has 23 heavy (non-hydrogen) atoms. The van der Waals surface area contributed by atoms with Gasteiger partial charge in [0.15, 0.2) is 11.6 Å². The van der Waals surface area contributed by atoms with Crippen LogP contribution in [0.5, 0.6) is 0 Å². The minimum atomic E-state index is -0.786. The van der Waals surface area contributed by atoms with Crippen molar-refractivity contribution in [1.82, 2.24) is 10.2 Å². The Morgan fingerprint density at radius 1 is 1.04 bits per heavy atom. The third-order valence-corrected chi connectivity index (χ3v) is 5.23. The number of halogens is 2. The fraction of sp³-hybridized carbons (Fsp3) is 0.667. The fourth-order valence-electron chi connectivity index (χ4n) is 3.94. The van der Waals surface area contributed by atoms with Gasteiger partial charge in [0.2, 0.25) is 0 Å². The molecular weight excluding hydrogens is 298 g/mol. The van der Waals surface area contributed by atoms with Gasteiger partial charge in [0, 0.05) is 31.7 Å². The first-order valence-electron chi connectivity index (χ1n) is 8.67. The van der Waals surface area contributed by atoms with Gasteiger partial charge >= 0.3 is 0 Å². The lowest BCUT2D eigenvalue weighted by molar-refractivity contribution is -0.0369. The van der Waals surface area contributed by atoms with Crippen LogP contribution in [0.25, 0.3) is 0 Å². The number of benzene rings is 1. The average Bonchev–Trinajstić information content (AvgIpc) is 2.60. The molecule has 0 aromatic heterocycles. The molecule has 0 atom stereocenters.